The molecular weight excluding hydrogens is 366 g/mol. The predicted molar refractivity (Wildman–Crippen MR) is 113 cm³/mol. The summed E-state index contributed by atoms with van der Waals surface area (Å²) >= 11 is 0. The largest absolute Gasteiger partial charge is 0.488 e. The van der Waals surface area contributed by atoms with E-state index in [-0.39, 0.29) is 23.0 Å². The smallest absolute Gasteiger partial charge is 0.227 e. The van der Waals surface area contributed by atoms with Crippen LogP contribution in [0.2, 0.25) is 25.7 Å². The van der Waals surface area contributed by atoms with E-state index in [1.807, 2.05) is 0 Å². The van der Waals surface area contributed by atoms with E-state index in [1.54, 1.807) is 6.92 Å². The van der Waals surface area contributed by atoms with Crippen LogP contribution in [0.15, 0.2) is 11.5 Å². The first-order chi connectivity index (χ1) is 13.2. The Labute approximate surface area is 170 Å². The molecule has 5 aliphatic carbocycles. The van der Waals surface area contributed by atoms with Crippen molar-refractivity contribution in [1.29, 1.82) is 0 Å². The molecule has 156 valence electrons. The van der Waals surface area contributed by atoms with Gasteiger partial charge in [0, 0.05) is 26.3 Å². The minimum absolute atomic E-state index is 0.0302. The first-order valence-corrected chi connectivity index (χ1v) is 15.1. The van der Waals surface area contributed by atoms with Crippen LogP contribution < -0.4 is 5.32 Å². The normalized spacial score (nSPS) is 34.8. The van der Waals surface area contributed by atoms with E-state index < -0.39 is 8.07 Å². The maximum Gasteiger partial charge on any atom is 0.227 e. The number of rotatable bonds is 8. The molecule has 0 spiro atoms. The molecule has 0 saturated heterocycles. The summed E-state index contributed by atoms with van der Waals surface area (Å²) in [5, 5.41) is 3.27. The molecule has 4 nitrogen and oxygen atoms in total. The molecule has 5 saturated carbocycles. The summed E-state index contributed by atoms with van der Waals surface area (Å²) in [6.07, 6.45) is 9.34. The molecule has 1 N–H and O–H groups in total. The van der Waals surface area contributed by atoms with Crippen LogP contribution in [0.1, 0.15) is 58.3 Å². The van der Waals surface area contributed by atoms with Gasteiger partial charge in [0.2, 0.25) is 5.91 Å². The molecule has 0 aliphatic heterocycles. The molecule has 1 amide bonds. The lowest BCUT2D eigenvalue weighted by Crippen LogP contribution is -2.51. The fourth-order valence-electron chi connectivity index (χ4n) is 6.23. The van der Waals surface area contributed by atoms with Gasteiger partial charge in [-0.05, 0) is 75.2 Å². The molecule has 0 radical (unpaired) electrons. The van der Waals surface area contributed by atoms with Crippen molar-refractivity contribution in [2.75, 3.05) is 6.61 Å². The van der Waals surface area contributed by atoms with Gasteiger partial charge in [-0.1, -0.05) is 19.6 Å². The summed E-state index contributed by atoms with van der Waals surface area (Å²) in [5.41, 5.74) is 0.825. The number of nitrogens with one attached hydrogen (secondary N) is 1. The summed E-state index contributed by atoms with van der Waals surface area (Å²) < 4.78 is 6.18. The Morgan fingerprint density at radius 3 is 1.96 bits per heavy atom. The second-order valence-electron chi connectivity index (χ2n) is 11.4. The zero-order valence-corrected chi connectivity index (χ0v) is 19.1. The minimum Gasteiger partial charge on any atom is -0.488 e. The Bertz CT molecular complexity index is 651. The Kier molecular flexibility index (Phi) is 5.26. The van der Waals surface area contributed by atoms with E-state index in [4.69, 9.17) is 4.74 Å². The van der Waals surface area contributed by atoms with Gasteiger partial charge in [-0.15, -0.1) is 0 Å². The fraction of sp³-hybridized carbons (Fsp3) is 0.826. The molecule has 0 unspecified atom stereocenters. The number of ketones is 1. The van der Waals surface area contributed by atoms with Crippen LogP contribution in [0.5, 0.6) is 0 Å². The highest BCUT2D eigenvalue weighted by atomic mass is 28.3. The molecule has 0 heterocycles. The van der Waals surface area contributed by atoms with Crippen LogP contribution >= 0.6 is 0 Å². The summed E-state index contributed by atoms with van der Waals surface area (Å²) in [5.74, 6) is 2.96. The number of carbonyl (C=O) groups is 2. The Morgan fingerprint density at radius 1 is 1.00 bits per heavy atom. The molecule has 0 atom stereocenters. The van der Waals surface area contributed by atoms with Crippen molar-refractivity contribution >= 4 is 19.8 Å². The predicted octanol–water partition coefficient (Wildman–Crippen LogP) is 4.88. The van der Waals surface area contributed by atoms with E-state index in [1.165, 1.54) is 19.3 Å². The van der Waals surface area contributed by atoms with Crippen molar-refractivity contribution in [3.05, 3.63) is 11.5 Å². The lowest BCUT2D eigenvalue weighted by atomic mass is 9.48. The number of Topliss-reactive ketones (excluding diaryl/α,β-unsaturated/α-hetero) is 1. The Hall–Kier alpha value is -1.10. The van der Waals surface area contributed by atoms with Gasteiger partial charge >= 0.3 is 0 Å². The molecule has 5 heteroatoms. The van der Waals surface area contributed by atoms with E-state index in [0.717, 1.165) is 61.6 Å². The van der Waals surface area contributed by atoms with Gasteiger partial charge < -0.3 is 10.1 Å². The van der Waals surface area contributed by atoms with Gasteiger partial charge in [0.25, 0.3) is 0 Å². The lowest BCUT2D eigenvalue weighted by molar-refractivity contribution is -0.123. The van der Waals surface area contributed by atoms with Gasteiger partial charge in [-0.2, -0.15) is 0 Å². The highest BCUT2D eigenvalue weighted by molar-refractivity contribution is 6.76. The van der Waals surface area contributed by atoms with Crippen molar-refractivity contribution in [2.24, 2.45) is 29.1 Å². The van der Waals surface area contributed by atoms with Crippen molar-refractivity contribution < 1.29 is 14.3 Å². The molecule has 28 heavy (non-hydrogen) atoms. The Morgan fingerprint density at radius 2 is 1.54 bits per heavy atom. The van der Waals surface area contributed by atoms with Crippen molar-refractivity contribution in [3.8, 4) is 0 Å². The molecule has 0 aromatic rings. The minimum atomic E-state index is -1.25. The van der Waals surface area contributed by atoms with Crippen LogP contribution in [0, 0.1) is 29.1 Å². The average Bonchev–Trinajstić information content (AvgIpc) is 3.39. The maximum absolute atomic E-state index is 12.8. The SMILES string of the molecule is CC(=O)/C(OCC[Si](C)(C)C)=C(\NC(=O)C1CC1)C12CC3CC(CC(C3)C1)C2. The molecule has 5 fully saturated rings. The molecule has 0 aromatic heterocycles. The fourth-order valence-corrected chi connectivity index (χ4v) is 6.94. The Balaban J connectivity index is 1.65. The number of allylic oxidation sites excluding steroid dienone is 2. The van der Waals surface area contributed by atoms with Gasteiger partial charge in [-0.3, -0.25) is 9.59 Å². The van der Waals surface area contributed by atoms with Crippen LogP contribution in [0.4, 0.5) is 0 Å². The maximum atomic E-state index is 12.8. The van der Waals surface area contributed by atoms with Crippen LogP contribution in [0.25, 0.3) is 0 Å². The van der Waals surface area contributed by atoms with Gasteiger partial charge in [0.05, 0.1) is 12.3 Å². The highest BCUT2D eigenvalue weighted by Gasteiger charge is 2.54. The second kappa shape index (κ2) is 7.30. The third kappa shape index (κ3) is 4.24. The third-order valence-electron chi connectivity index (χ3n) is 7.41. The number of amides is 1. The zero-order chi connectivity index (χ0) is 20.1. The van der Waals surface area contributed by atoms with Gasteiger partial charge in [-0.25, -0.2) is 0 Å². The monoisotopic (exact) mass is 403 g/mol. The van der Waals surface area contributed by atoms with Crippen molar-refractivity contribution in [3.63, 3.8) is 0 Å². The van der Waals surface area contributed by atoms with E-state index >= 15 is 0 Å². The molecular formula is C23H37NO3Si. The summed E-state index contributed by atoms with van der Waals surface area (Å²) in [6, 6.07) is 1.02. The standard InChI is InChI=1S/C23H37NO3Si/c1-15(25)20(27-7-8-28(2,3)4)21(24-22(26)19-5-6-19)23-12-16-9-17(13-23)11-18(10-16)14-23/h16-19H,5-14H2,1-4H3,(H,24,26)/b21-20+. The summed E-state index contributed by atoms with van der Waals surface area (Å²) in [7, 11) is -1.25. The van der Waals surface area contributed by atoms with Crippen LogP contribution in [-0.2, 0) is 14.3 Å². The third-order valence-corrected chi connectivity index (χ3v) is 9.11. The second-order valence-corrected chi connectivity index (χ2v) is 17.0. The number of ether oxygens (including phenoxy) is 1. The van der Waals surface area contributed by atoms with Crippen LogP contribution in [0.3, 0.4) is 0 Å². The molecule has 5 aliphatic rings. The first kappa shape index (κ1) is 20.2. The number of carbonyl (C=O) groups excluding carboxylic acids is 2. The summed E-state index contributed by atoms with van der Waals surface area (Å²) in [4.78, 5) is 25.4. The molecule has 5 rings (SSSR count). The quantitative estimate of drug-likeness (QED) is 0.357. The van der Waals surface area contributed by atoms with Gasteiger partial charge in [0.15, 0.2) is 11.5 Å². The topological polar surface area (TPSA) is 55.4 Å². The van der Waals surface area contributed by atoms with E-state index in [9.17, 15) is 9.59 Å². The van der Waals surface area contributed by atoms with Crippen LogP contribution in [-0.4, -0.2) is 26.4 Å². The summed E-state index contributed by atoms with van der Waals surface area (Å²) in [6.45, 7) is 9.15. The van der Waals surface area contributed by atoms with E-state index in [2.05, 4.69) is 25.0 Å². The van der Waals surface area contributed by atoms with Gasteiger partial charge in [0.1, 0.15) is 0 Å². The lowest BCUT2D eigenvalue weighted by Gasteiger charge is -2.57. The molecule has 0 aromatic carbocycles. The van der Waals surface area contributed by atoms with Crippen molar-refractivity contribution in [1.82, 2.24) is 5.32 Å². The number of hydrogen-bond acceptors (Lipinski definition) is 3. The first-order valence-electron chi connectivity index (χ1n) is 11.3. The van der Waals surface area contributed by atoms with Crippen molar-refractivity contribution in [2.45, 2.75) is 84.0 Å². The average molecular weight is 404 g/mol. The zero-order valence-electron chi connectivity index (χ0n) is 18.1. The highest BCUT2D eigenvalue weighted by Crippen LogP contribution is 2.62. The van der Waals surface area contributed by atoms with E-state index in [0.29, 0.717) is 12.4 Å². The number of hydrogen-bond donors (Lipinski definition) is 1. The molecule has 4 bridgehead atoms.